The van der Waals surface area contributed by atoms with E-state index in [1.54, 1.807) is 24.3 Å². The van der Waals surface area contributed by atoms with Crippen LogP contribution in [0.1, 0.15) is 12.8 Å². The maximum absolute atomic E-state index is 11.4. The number of esters is 1. The first-order valence-electron chi connectivity index (χ1n) is 5.84. The number of carbonyl (C=O) groups is 2. The van der Waals surface area contributed by atoms with Gasteiger partial charge in [0.1, 0.15) is 5.75 Å². The van der Waals surface area contributed by atoms with Gasteiger partial charge in [0.15, 0.2) is 0 Å². The van der Waals surface area contributed by atoms with E-state index in [1.165, 1.54) is 7.11 Å². The fraction of sp³-hybridized carbons (Fsp3) is 0.385. The summed E-state index contributed by atoms with van der Waals surface area (Å²) in [6.07, 6.45) is 0.361. The summed E-state index contributed by atoms with van der Waals surface area (Å²) in [5.74, 6) is 0.00935. The second-order valence-corrected chi connectivity index (χ2v) is 4.11. The normalized spacial score (nSPS) is 9.79. The van der Waals surface area contributed by atoms with Crippen molar-refractivity contribution in [3.63, 3.8) is 0 Å². The zero-order chi connectivity index (χ0) is 14.1. The maximum atomic E-state index is 11.4. The Bertz CT molecular complexity index is 436. The van der Waals surface area contributed by atoms with E-state index in [0.29, 0.717) is 10.8 Å². The standard InChI is InChI=1S/C13H16ClNO4/c1-18-13(17)6-8-15-12(16)7-9-19-11-5-3-2-4-10(11)14/h2-5H,6-9H2,1H3,(H,15,16). The average Bonchev–Trinajstić information content (AvgIpc) is 2.40. The van der Waals surface area contributed by atoms with Crippen molar-refractivity contribution in [1.82, 2.24) is 5.32 Å². The van der Waals surface area contributed by atoms with Crippen molar-refractivity contribution >= 4 is 23.5 Å². The van der Waals surface area contributed by atoms with E-state index in [0.717, 1.165) is 0 Å². The van der Waals surface area contributed by atoms with Gasteiger partial charge in [-0.15, -0.1) is 0 Å². The molecule has 1 aromatic rings. The summed E-state index contributed by atoms with van der Waals surface area (Å²) < 4.78 is 9.83. The van der Waals surface area contributed by atoms with Gasteiger partial charge in [-0.2, -0.15) is 0 Å². The minimum absolute atomic E-state index is 0.160. The third kappa shape index (κ3) is 6.10. The van der Waals surface area contributed by atoms with E-state index in [4.69, 9.17) is 16.3 Å². The highest BCUT2D eigenvalue weighted by atomic mass is 35.5. The maximum Gasteiger partial charge on any atom is 0.307 e. The molecule has 0 aliphatic heterocycles. The molecule has 19 heavy (non-hydrogen) atoms. The third-order valence-corrected chi connectivity index (χ3v) is 2.61. The van der Waals surface area contributed by atoms with Gasteiger partial charge in [0, 0.05) is 6.54 Å². The zero-order valence-electron chi connectivity index (χ0n) is 10.6. The molecule has 0 fully saturated rings. The molecule has 6 heteroatoms. The first kappa shape index (κ1) is 15.3. The number of methoxy groups -OCH3 is 1. The second kappa shape index (κ2) is 8.37. The lowest BCUT2D eigenvalue weighted by Crippen LogP contribution is -2.27. The van der Waals surface area contributed by atoms with Crippen LogP contribution < -0.4 is 10.1 Å². The van der Waals surface area contributed by atoms with Gasteiger partial charge in [-0.1, -0.05) is 23.7 Å². The molecular formula is C13H16ClNO4. The molecule has 1 N–H and O–H groups in total. The Morgan fingerprint density at radius 3 is 2.68 bits per heavy atom. The Balaban J connectivity index is 2.17. The predicted molar refractivity (Wildman–Crippen MR) is 71.2 cm³/mol. The van der Waals surface area contributed by atoms with Gasteiger partial charge in [-0.05, 0) is 12.1 Å². The van der Waals surface area contributed by atoms with Gasteiger partial charge < -0.3 is 14.8 Å². The first-order chi connectivity index (χ1) is 9.13. The lowest BCUT2D eigenvalue weighted by Gasteiger charge is -2.08. The fourth-order valence-corrected chi connectivity index (χ4v) is 1.50. The predicted octanol–water partition coefficient (Wildman–Crippen LogP) is 1.79. The highest BCUT2D eigenvalue weighted by Crippen LogP contribution is 2.22. The van der Waals surface area contributed by atoms with Crippen LogP contribution in [0.15, 0.2) is 24.3 Å². The summed E-state index contributed by atoms with van der Waals surface area (Å²) in [5.41, 5.74) is 0. The molecule has 0 spiro atoms. The molecule has 0 radical (unpaired) electrons. The molecule has 0 aliphatic carbocycles. The summed E-state index contributed by atoms with van der Waals surface area (Å²) in [6, 6.07) is 7.05. The summed E-state index contributed by atoms with van der Waals surface area (Å²) in [6.45, 7) is 0.491. The van der Waals surface area contributed by atoms with Crippen LogP contribution in [0.5, 0.6) is 5.75 Å². The lowest BCUT2D eigenvalue weighted by molar-refractivity contribution is -0.140. The summed E-state index contributed by atoms with van der Waals surface area (Å²) in [7, 11) is 1.31. The Labute approximate surface area is 116 Å². The Hall–Kier alpha value is -1.75. The van der Waals surface area contributed by atoms with Crippen LogP contribution in [0, 0.1) is 0 Å². The van der Waals surface area contributed by atoms with E-state index in [-0.39, 0.29) is 37.9 Å². The van der Waals surface area contributed by atoms with Gasteiger partial charge >= 0.3 is 5.97 Å². The number of ether oxygens (including phenoxy) is 2. The number of amides is 1. The van der Waals surface area contributed by atoms with Gasteiger partial charge in [-0.25, -0.2) is 0 Å². The van der Waals surface area contributed by atoms with Crippen LogP contribution in [0.2, 0.25) is 5.02 Å². The molecule has 0 unspecified atom stereocenters. The quantitative estimate of drug-likeness (QED) is 0.776. The molecule has 1 amide bonds. The zero-order valence-corrected chi connectivity index (χ0v) is 11.4. The number of rotatable bonds is 7. The van der Waals surface area contributed by atoms with E-state index in [2.05, 4.69) is 10.1 Å². The number of benzene rings is 1. The van der Waals surface area contributed by atoms with Crippen LogP contribution >= 0.6 is 11.6 Å². The monoisotopic (exact) mass is 285 g/mol. The molecule has 0 atom stereocenters. The molecule has 1 aromatic carbocycles. The van der Waals surface area contributed by atoms with Crippen molar-refractivity contribution in [2.75, 3.05) is 20.3 Å². The van der Waals surface area contributed by atoms with Crippen molar-refractivity contribution in [3.05, 3.63) is 29.3 Å². The van der Waals surface area contributed by atoms with Crippen LogP contribution in [0.4, 0.5) is 0 Å². The Kier molecular flexibility index (Phi) is 6.74. The van der Waals surface area contributed by atoms with Crippen molar-refractivity contribution in [1.29, 1.82) is 0 Å². The molecule has 5 nitrogen and oxygen atoms in total. The molecule has 1 rings (SSSR count). The van der Waals surface area contributed by atoms with E-state index in [9.17, 15) is 9.59 Å². The number of nitrogens with one attached hydrogen (secondary N) is 1. The topological polar surface area (TPSA) is 64.6 Å². The number of carbonyl (C=O) groups excluding carboxylic acids is 2. The molecule has 0 aliphatic rings. The first-order valence-corrected chi connectivity index (χ1v) is 6.22. The van der Waals surface area contributed by atoms with Gasteiger partial charge in [-0.3, -0.25) is 9.59 Å². The molecule has 0 aromatic heterocycles. The average molecular weight is 286 g/mol. The number of hydrogen-bond donors (Lipinski definition) is 1. The van der Waals surface area contributed by atoms with Crippen molar-refractivity contribution in [2.24, 2.45) is 0 Å². The van der Waals surface area contributed by atoms with Crippen LogP contribution in [0.25, 0.3) is 0 Å². The lowest BCUT2D eigenvalue weighted by atomic mass is 10.3. The second-order valence-electron chi connectivity index (χ2n) is 3.70. The minimum atomic E-state index is -0.354. The van der Waals surface area contributed by atoms with E-state index in [1.807, 2.05) is 0 Å². The van der Waals surface area contributed by atoms with Crippen LogP contribution in [0.3, 0.4) is 0 Å². The van der Waals surface area contributed by atoms with Crippen molar-refractivity contribution < 1.29 is 19.1 Å². The largest absolute Gasteiger partial charge is 0.491 e. The SMILES string of the molecule is COC(=O)CCNC(=O)CCOc1ccccc1Cl. The fourth-order valence-electron chi connectivity index (χ4n) is 1.31. The molecule has 0 saturated heterocycles. The Morgan fingerprint density at radius 2 is 2.00 bits per heavy atom. The molecule has 104 valence electrons. The van der Waals surface area contributed by atoms with Gasteiger partial charge in [0.25, 0.3) is 0 Å². The number of halogens is 1. The molecule has 0 saturated carbocycles. The summed E-state index contributed by atoms with van der Waals surface area (Å²) in [4.78, 5) is 22.2. The van der Waals surface area contributed by atoms with E-state index < -0.39 is 0 Å². The number of para-hydroxylation sites is 1. The van der Waals surface area contributed by atoms with Crippen LogP contribution in [-0.2, 0) is 14.3 Å². The molecule has 0 heterocycles. The van der Waals surface area contributed by atoms with Crippen LogP contribution in [-0.4, -0.2) is 32.1 Å². The smallest absolute Gasteiger partial charge is 0.307 e. The van der Waals surface area contributed by atoms with E-state index >= 15 is 0 Å². The van der Waals surface area contributed by atoms with Gasteiger partial charge in [0.2, 0.25) is 5.91 Å². The molecule has 0 bridgehead atoms. The summed E-state index contributed by atoms with van der Waals surface area (Å²) >= 11 is 5.90. The summed E-state index contributed by atoms with van der Waals surface area (Å²) in [5, 5.41) is 3.10. The number of hydrogen-bond acceptors (Lipinski definition) is 4. The van der Waals surface area contributed by atoms with Crippen molar-refractivity contribution in [2.45, 2.75) is 12.8 Å². The van der Waals surface area contributed by atoms with Gasteiger partial charge in [0.05, 0.1) is 31.6 Å². The molecular weight excluding hydrogens is 270 g/mol. The minimum Gasteiger partial charge on any atom is -0.491 e. The van der Waals surface area contributed by atoms with Crippen molar-refractivity contribution in [3.8, 4) is 5.75 Å². The Morgan fingerprint density at radius 1 is 1.26 bits per heavy atom. The highest BCUT2D eigenvalue weighted by Gasteiger charge is 2.05. The third-order valence-electron chi connectivity index (χ3n) is 2.30. The highest BCUT2D eigenvalue weighted by molar-refractivity contribution is 6.32.